The van der Waals surface area contributed by atoms with Gasteiger partial charge in [0.1, 0.15) is 5.76 Å². The molecule has 0 spiro atoms. The third-order valence-electron chi connectivity index (χ3n) is 5.58. The molecule has 3 rings (SSSR count). The highest BCUT2D eigenvalue weighted by atomic mass is 16.5. The average Bonchev–Trinajstić information content (AvgIpc) is 3.10. The summed E-state index contributed by atoms with van der Waals surface area (Å²) in [4.78, 5) is 31.5. The lowest BCUT2D eigenvalue weighted by atomic mass is 9.95. The Morgan fingerprint density at radius 2 is 1.79 bits per heavy atom. The second-order valence-electron chi connectivity index (χ2n) is 7.92. The van der Waals surface area contributed by atoms with E-state index >= 15 is 0 Å². The number of hydrogen-bond acceptors (Lipinski definition) is 7. The number of carbonyl (C=O) groups excluding carboxylic acids is 2. The Labute approximate surface area is 200 Å². The Hall–Kier alpha value is -3.39. The molecule has 0 saturated carbocycles. The van der Waals surface area contributed by atoms with E-state index in [4.69, 9.17) is 14.2 Å². The third-order valence-corrected chi connectivity index (χ3v) is 5.58. The number of likely N-dealkylation sites (tertiary alicyclic amines) is 1. The number of carbonyl (C=O) groups is 2. The van der Waals surface area contributed by atoms with Gasteiger partial charge in [-0.25, -0.2) is 0 Å². The van der Waals surface area contributed by atoms with Gasteiger partial charge in [0.25, 0.3) is 11.7 Å². The van der Waals surface area contributed by atoms with Gasteiger partial charge < -0.3 is 24.2 Å². The maximum atomic E-state index is 13.1. The number of benzene rings is 1. The van der Waals surface area contributed by atoms with Crippen molar-refractivity contribution in [3.63, 3.8) is 0 Å². The molecular formula is C26H32N2O6. The Morgan fingerprint density at radius 1 is 1.03 bits per heavy atom. The molecule has 0 bridgehead atoms. The minimum absolute atomic E-state index is 0.0377. The molecule has 2 heterocycles. The summed E-state index contributed by atoms with van der Waals surface area (Å²) in [6, 6.07) is 7.81. The van der Waals surface area contributed by atoms with Crippen molar-refractivity contribution in [2.24, 2.45) is 0 Å². The van der Waals surface area contributed by atoms with Crippen LogP contribution in [0.3, 0.4) is 0 Å². The van der Waals surface area contributed by atoms with Crippen LogP contribution in [0.1, 0.15) is 50.3 Å². The molecule has 1 atom stereocenters. The van der Waals surface area contributed by atoms with Crippen LogP contribution in [0.2, 0.25) is 0 Å². The van der Waals surface area contributed by atoms with Gasteiger partial charge in [-0.1, -0.05) is 19.4 Å². The molecule has 1 fully saturated rings. The molecular weight excluding hydrogens is 436 g/mol. The summed E-state index contributed by atoms with van der Waals surface area (Å²) in [6.07, 6.45) is 5.51. The number of methoxy groups -OCH3 is 1. The maximum absolute atomic E-state index is 13.1. The first-order valence-electron chi connectivity index (χ1n) is 11.6. The zero-order valence-electron chi connectivity index (χ0n) is 20.0. The molecule has 1 amide bonds. The van der Waals surface area contributed by atoms with Crippen molar-refractivity contribution in [1.82, 2.24) is 9.88 Å². The fourth-order valence-electron chi connectivity index (χ4n) is 3.91. The maximum Gasteiger partial charge on any atom is 0.295 e. The van der Waals surface area contributed by atoms with Crippen LogP contribution in [0.15, 0.2) is 48.3 Å². The van der Waals surface area contributed by atoms with Crippen LogP contribution < -0.4 is 9.47 Å². The van der Waals surface area contributed by atoms with Crippen molar-refractivity contribution in [1.29, 1.82) is 0 Å². The van der Waals surface area contributed by atoms with Crippen molar-refractivity contribution in [2.75, 3.05) is 33.5 Å². The number of aromatic nitrogens is 1. The molecule has 0 radical (unpaired) electrons. The lowest BCUT2D eigenvalue weighted by Crippen LogP contribution is -2.31. The van der Waals surface area contributed by atoms with Gasteiger partial charge in [0, 0.05) is 38.2 Å². The van der Waals surface area contributed by atoms with E-state index in [1.165, 1.54) is 17.3 Å². The number of Topliss-reactive ketones (excluding diaryl/α,β-unsaturated/α-hetero) is 1. The number of amides is 1. The van der Waals surface area contributed by atoms with E-state index in [-0.39, 0.29) is 11.3 Å². The highest BCUT2D eigenvalue weighted by molar-refractivity contribution is 6.46. The Balaban J connectivity index is 2.09. The number of rotatable bonds is 12. The van der Waals surface area contributed by atoms with Gasteiger partial charge >= 0.3 is 0 Å². The summed E-state index contributed by atoms with van der Waals surface area (Å²) in [5.74, 6) is -0.482. The lowest BCUT2D eigenvalue weighted by Gasteiger charge is -2.26. The normalized spacial score (nSPS) is 17.3. The fourth-order valence-corrected chi connectivity index (χ4v) is 3.91. The number of aliphatic hydroxyl groups is 1. The van der Waals surface area contributed by atoms with Crippen molar-refractivity contribution in [2.45, 2.75) is 39.2 Å². The number of pyridine rings is 1. The summed E-state index contributed by atoms with van der Waals surface area (Å²) >= 11 is 0. The lowest BCUT2D eigenvalue weighted by molar-refractivity contribution is -0.140. The van der Waals surface area contributed by atoms with Gasteiger partial charge in [0.15, 0.2) is 11.5 Å². The van der Waals surface area contributed by atoms with Crippen LogP contribution in [0.25, 0.3) is 5.76 Å². The average molecular weight is 469 g/mol. The number of ketones is 1. The predicted molar refractivity (Wildman–Crippen MR) is 128 cm³/mol. The van der Waals surface area contributed by atoms with E-state index in [2.05, 4.69) is 11.9 Å². The highest BCUT2D eigenvalue weighted by Crippen LogP contribution is 2.42. The van der Waals surface area contributed by atoms with E-state index in [0.717, 1.165) is 12.8 Å². The first kappa shape index (κ1) is 25.2. The van der Waals surface area contributed by atoms with E-state index < -0.39 is 17.7 Å². The minimum atomic E-state index is -0.770. The Kier molecular flexibility index (Phi) is 9.04. The van der Waals surface area contributed by atoms with Crippen molar-refractivity contribution < 1.29 is 28.9 Å². The first-order valence-corrected chi connectivity index (χ1v) is 11.6. The van der Waals surface area contributed by atoms with Gasteiger partial charge in [-0.2, -0.15) is 0 Å². The van der Waals surface area contributed by atoms with Crippen LogP contribution in [-0.4, -0.2) is 60.2 Å². The van der Waals surface area contributed by atoms with Crippen LogP contribution in [0.4, 0.5) is 0 Å². The van der Waals surface area contributed by atoms with Gasteiger partial charge in [0.05, 0.1) is 24.8 Å². The van der Waals surface area contributed by atoms with Crippen molar-refractivity contribution in [3.8, 4) is 11.5 Å². The standard InChI is InChI=1S/C26H32N2O6/c1-4-6-16-34-20-9-8-19(17-21(20)33-5-2)23-22(24(29)18-10-12-27-13-11-18)25(30)26(31)28(23)14-7-15-32-3/h8-13,17,23,29H,4-7,14-16H2,1-3H3. The van der Waals surface area contributed by atoms with Gasteiger partial charge in [-0.15, -0.1) is 0 Å². The Bertz CT molecular complexity index is 1020. The molecule has 2 aromatic rings. The molecule has 1 saturated heterocycles. The van der Waals surface area contributed by atoms with Crippen LogP contribution >= 0.6 is 0 Å². The summed E-state index contributed by atoms with van der Waals surface area (Å²) < 4.78 is 16.8. The zero-order valence-corrected chi connectivity index (χ0v) is 20.0. The molecule has 1 unspecified atom stereocenters. The molecule has 34 heavy (non-hydrogen) atoms. The Morgan fingerprint density at radius 3 is 2.47 bits per heavy atom. The number of ether oxygens (including phenoxy) is 3. The van der Waals surface area contributed by atoms with Gasteiger partial charge in [-0.05, 0) is 49.6 Å². The molecule has 8 nitrogen and oxygen atoms in total. The fraction of sp³-hybridized carbons (Fsp3) is 0.423. The topological polar surface area (TPSA) is 98.2 Å². The molecule has 1 aliphatic rings. The summed E-state index contributed by atoms with van der Waals surface area (Å²) in [7, 11) is 1.58. The molecule has 1 N–H and O–H groups in total. The molecule has 0 aliphatic carbocycles. The number of aliphatic hydroxyl groups excluding tert-OH is 1. The van der Waals surface area contributed by atoms with E-state index in [9.17, 15) is 14.7 Å². The second-order valence-corrected chi connectivity index (χ2v) is 7.92. The monoisotopic (exact) mass is 468 g/mol. The summed E-state index contributed by atoms with van der Waals surface area (Å²) in [5, 5.41) is 11.1. The molecule has 8 heteroatoms. The van der Waals surface area contributed by atoms with Gasteiger partial charge in [-0.3, -0.25) is 14.6 Å². The van der Waals surface area contributed by atoms with E-state index in [1.807, 2.05) is 13.0 Å². The quantitative estimate of drug-likeness (QED) is 0.217. The highest BCUT2D eigenvalue weighted by Gasteiger charge is 2.46. The summed E-state index contributed by atoms with van der Waals surface area (Å²) in [5.41, 5.74) is 1.11. The smallest absolute Gasteiger partial charge is 0.295 e. The molecule has 1 aliphatic heterocycles. The predicted octanol–water partition coefficient (Wildman–Crippen LogP) is 4.12. The number of unbranched alkanes of at least 4 members (excludes halogenated alkanes) is 1. The van der Waals surface area contributed by atoms with E-state index in [0.29, 0.717) is 55.4 Å². The number of nitrogens with zero attached hydrogens (tertiary/aromatic N) is 2. The molecule has 1 aromatic heterocycles. The third kappa shape index (κ3) is 5.56. The second kappa shape index (κ2) is 12.2. The molecule has 1 aromatic carbocycles. The largest absolute Gasteiger partial charge is 0.507 e. The SMILES string of the molecule is CCCCOc1ccc(C2C(=C(O)c3ccncc3)C(=O)C(=O)N2CCCOC)cc1OCC. The summed E-state index contributed by atoms with van der Waals surface area (Å²) in [6.45, 7) is 5.70. The zero-order chi connectivity index (χ0) is 24.5. The van der Waals surface area contributed by atoms with Crippen molar-refractivity contribution >= 4 is 17.4 Å². The first-order chi connectivity index (χ1) is 16.5. The van der Waals surface area contributed by atoms with Crippen LogP contribution in [-0.2, 0) is 14.3 Å². The van der Waals surface area contributed by atoms with Crippen LogP contribution in [0.5, 0.6) is 11.5 Å². The van der Waals surface area contributed by atoms with Crippen molar-refractivity contribution in [3.05, 3.63) is 59.4 Å². The molecule has 182 valence electrons. The minimum Gasteiger partial charge on any atom is -0.507 e. The van der Waals surface area contributed by atoms with Gasteiger partial charge in [0.2, 0.25) is 0 Å². The van der Waals surface area contributed by atoms with E-state index in [1.54, 1.807) is 31.4 Å². The van der Waals surface area contributed by atoms with Crippen LogP contribution in [0, 0.1) is 0 Å². The number of hydrogen-bond donors (Lipinski definition) is 1.